The molecule has 0 radical (unpaired) electrons. The summed E-state index contributed by atoms with van der Waals surface area (Å²) in [5.74, 6) is 1.53. The molecule has 1 aromatic carbocycles. The lowest BCUT2D eigenvalue weighted by Gasteiger charge is -2.26. The van der Waals surface area contributed by atoms with Crippen LogP contribution in [0.2, 0.25) is 0 Å². The molecule has 1 N–H and O–H groups in total. The van der Waals surface area contributed by atoms with Crippen molar-refractivity contribution in [3.8, 4) is 17.3 Å². The molecule has 1 aliphatic heterocycles. The summed E-state index contributed by atoms with van der Waals surface area (Å²) >= 11 is 0. The van der Waals surface area contributed by atoms with Gasteiger partial charge in [0.05, 0.1) is 25.5 Å². The zero-order chi connectivity index (χ0) is 22.2. The van der Waals surface area contributed by atoms with Gasteiger partial charge < -0.3 is 14.8 Å². The van der Waals surface area contributed by atoms with Crippen LogP contribution in [0.1, 0.15) is 37.4 Å². The van der Waals surface area contributed by atoms with E-state index in [-0.39, 0.29) is 11.8 Å². The van der Waals surface area contributed by atoms with Crippen molar-refractivity contribution in [2.24, 2.45) is 5.92 Å². The molecule has 7 heteroatoms. The first-order chi connectivity index (χ1) is 15.7. The molecule has 1 aromatic heterocycles. The Morgan fingerprint density at radius 3 is 2.72 bits per heavy atom. The third-order valence-corrected chi connectivity index (χ3v) is 6.27. The van der Waals surface area contributed by atoms with Gasteiger partial charge in [-0.3, -0.25) is 9.69 Å². The summed E-state index contributed by atoms with van der Waals surface area (Å²) in [7, 11) is 0. The topological polar surface area (TPSA) is 76.6 Å². The standard InChI is InChI=1S/C25H34N4O3/c1-2-32-25-21-11-9-20(24(30)26-13-6-14-29-15-17-31-18-16-29)10-12-22(21)27-23(28-25)19-7-4-3-5-8-19/h3-5,7-8,20H,2,6,9-18H2,1H3,(H,26,30). The molecule has 0 spiro atoms. The Labute approximate surface area is 190 Å². The number of nitrogens with one attached hydrogen (secondary N) is 1. The van der Waals surface area contributed by atoms with Gasteiger partial charge in [-0.2, -0.15) is 4.98 Å². The molecule has 2 aliphatic rings. The molecule has 1 unspecified atom stereocenters. The quantitative estimate of drug-likeness (QED) is 0.505. The van der Waals surface area contributed by atoms with Gasteiger partial charge in [0.2, 0.25) is 11.8 Å². The summed E-state index contributed by atoms with van der Waals surface area (Å²) in [4.78, 5) is 24.8. The van der Waals surface area contributed by atoms with Gasteiger partial charge in [0.1, 0.15) is 0 Å². The number of nitrogens with zero attached hydrogens (tertiary/aromatic N) is 3. The summed E-state index contributed by atoms with van der Waals surface area (Å²) in [6, 6.07) is 10.00. The molecule has 2 heterocycles. The van der Waals surface area contributed by atoms with Crippen LogP contribution in [0.4, 0.5) is 0 Å². The number of ether oxygens (including phenoxy) is 2. The van der Waals surface area contributed by atoms with Crippen LogP contribution in [0.15, 0.2) is 30.3 Å². The van der Waals surface area contributed by atoms with E-state index in [2.05, 4.69) is 10.2 Å². The lowest BCUT2D eigenvalue weighted by Crippen LogP contribution is -2.38. The van der Waals surface area contributed by atoms with Crippen LogP contribution in [-0.4, -0.2) is 66.8 Å². The average molecular weight is 439 g/mol. The van der Waals surface area contributed by atoms with Crippen LogP contribution in [0.5, 0.6) is 5.88 Å². The number of carbonyl (C=O) groups is 1. The zero-order valence-electron chi connectivity index (χ0n) is 19.0. The summed E-state index contributed by atoms with van der Waals surface area (Å²) in [6.07, 6.45) is 4.11. The van der Waals surface area contributed by atoms with E-state index in [1.807, 2.05) is 37.3 Å². The molecule has 1 fully saturated rings. The van der Waals surface area contributed by atoms with Gasteiger partial charge >= 0.3 is 0 Å². The molecule has 2 aromatic rings. The minimum Gasteiger partial charge on any atom is -0.478 e. The molecule has 1 atom stereocenters. The highest BCUT2D eigenvalue weighted by atomic mass is 16.5. The van der Waals surface area contributed by atoms with Crippen LogP contribution in [0.3, 0.4) is 0 Å². The van der Waals surface area contributed by atoms with E-state index in [0.29, 0.717) is 18.3 Å². The van der Waals surface area contributed by atoms with Crippen molar-refractivity contribution in [1.82, 2.24) is 20.2 Å². The van der Waals surface area contributed by atoms with Crippen molar-refractivity contribution in [3.63, 3.8) is 0 Å². The van der Waals surface area contributed by atoms with E-state index in [1.54, 1.807) is 0 Å². The van der Waals surface area contributed by atoms with E-state index in [0.717, 1.165) is 88.3 Å². The first kappa shape index (κ1) is 22.7. The van der Waals surface area contributed by atoms with E-state index in [1.165, 1.54) is 0 Å². The number of benzene rings is 1. The summed E-state index contributed by atoms with van der Waals surface area (Å²) in [5.41, 5.74) is 3.06. The first-order valence-corrected chi connectivity index (χ1v) is 11.9. The van der Waals surface area contributed by atoms with Gasteiger partial charge in [0, 0.05) is 36.7 Å². The molecule has 0 saturated carbocycles. The first-order valence-electron chi connectivity index (χ1n) is 11.9. The number of morpholine rings is 1. The lowest BCUT2D eigenvalue weighted by atomic mass is 9.99. The van der Waals surface area contributed by atoms with Gasteiger partial charge in [0.15, 0.2) is 5.82 Å². The fourth-order valence-electron chi connectivity index (χ4n) is 4.46. The van der Waals surface area contributed by atoms with Crippen molar-refractivity contribution in [1.29, 1.82) is 0 Å². The molecule has 32 heavy (non-hydrogen) atoms. The maximum Gasteiger partial charge on any atom is 0.223 e. The monoisotopic (exact) mass is 438 g/mol. The number of fused-ring (bicyclic) bond motifs is 1. The SMILES string of the molecule is CCOc1nc(-c2ccccc2)nc2c1CCC(C(=O)NCCCN1CCOCC1)CC2. The Bertz CT molecular complexity index is 884. The third kappa shape index (κ3) is 5.84. The number of hydrogen-bond donors (Lipinski definition) is 1. The highest BCUT2D eigenvalue weighted by Crippen LogP contribution is 2.31. The molecule has 1 amide bonds. The molecular weight excluding hydrogens is 404 g/mol. The number of aryl methyl sites for hydroxylation is 1. The fraction of sp³-hybridized carbons (Fsp3) is 0.560. The van der Waals surface area contributed by atoms with E-state index < -0.39 is 0 Å². The summed E-state index contributed by atoms with van der Waals surface area (Å²) in [6.45, 7) is 7.87. The second-order valence-electron chi connectivity index (χ2n) is 8.45. The average Bonchev–Trinajstić information content (AvgIpc) is 3.06. The van der Waals surface area contributed by atoms with Crippen LogP contribution in [-0.2, 0) is 22.4 Å². The molecule has 1 saturated heterocycles. The minimum atomic E-state index is 0.00207. The number of rotatable bonds is 8. The molecule has 0 bridgehead atoms. The Kier molecular flexibility index (Phi) is 8.07. The number of aromatic nitrogens is 2. The van der Waals surface area contributed by atoms with Gasteiger partial charge in [-0.25, -0.2) is 4.98 Å². The van der Waals surface area contributed by atoms with Crippen molar-refractivity contribution in [2.45, 2.75) is 39.0 Å². The maximum absolute atomic E-state index is 12.8. The highest BCUT2D eigenvalue weighted by Gasteiger charge is 2.26. The molecule has 7 nitrogen and oxygen atoms in total. The largest absolute Gasteiger partial charge is 0.478 e. The minimum absolute atomic E-state index is 0.00207. The van der Waals surface area contributed by atoms with Crippen LogP contribution < -0.4 is 10.1 Å². The molecule has 4 rings (SSSR count). The maximum atomic E-state index is 12.8. The number of amides is 1. The van der Waals surface area contributed by atoms with E-state index in [4.69, 9.17) is 19.4 Å². The van der Waals surface area contributed by atoms with Crippen LogP contribution >= 0.6 is 0 Å². The number of carbonyl (C=O) groups excluding carboxylic acids is 1. The van der Waals surface area contributed by atoms with E-state index >= 15 is 0 Å². The summed E-state index contributed by atoms with van der Waals surface area (Å²) in [5, 5.41) is 3.16. The third-order valence-electron chi connectivity index (χ3n) is 6.27. The molecule has 1 aliphatic carbocycles. The predicted molar refractivity (Wildman–Crippen MR) is 124 cm³/mol. The van der Waals surface area contributed by atoms with E-state index in [9.17, 15) is 4.79 Å². The summed E-state index contributed by atoms with van der Waals surface area (Å²) < 4.78 is 11.3. The Balaban J connectivity index is 1.36. The highest BCUT2D eigenvalue weighted by molar-refractivity contribution is 5.78. The van der Waals surface area contributed by atoms with Crippen molar-refractivity contribution in [2.75, 3.05) is 46.0 Å². The van der Waals surface area contributed by atoms with Crippen molar-refractivity contribution < 1.29 is 14.3 Å². The van der Waals surface area contributed by atoms with Crippen molar-refractivity contribution >= 4 is 5.91 Å². The van der Waals surface area contributed by atoms with Crippen LogP contribution in [0.25, 0.3) is 11.4 Å². The lowest BCUT2D eigenvalue weighted by molar-refractivity contribution is -0.125. The fourth-order valence-corrected chi connectivity index (χ4v) is 4.46. The van der Waals surface area contributed by atoms with Gasteiger partial charge in [-0.05, 0) is 45.6 Å². The van der Waals surface area contributed by atoms with Crippen LogP contribution in [0, 0.1) is 5.92 Å². The Hall–Kier alpha value is -2.51. The van der Waals surface area contributed by atoms with Crippen molar-refractivity contribution in [3.05, 3.63) is 41.6 Å². The van der Waals surface area contributed by atoms with Gasteiger partial charge in [-0.1, -0.05) is 30.3 Å². The molecule has 172 valence electrons. The second kappa shape index (κ2) is 11.4. The smallest absolute Gasteiger partial charge is 0.223 e. The van der Waals surface area contributed by atoms with Gasteiger partial charge in [-0.15, -0.1) is 0 Å². The Morgan fingerprint density at radius 1 is 1.16 bits per heavy atom. The normalized spacial score (nSPS) is 19.1. The second-order valence-corrected chi connectivity index (χ2v) is 8.45. The predicted octanol–water partition coefficient (Wildman–Crippen LogP) is 2.88. The van der Waals surface area contributed by atoms with Gasteiger partial charge in [0.25, 0.3) is 0 Å². The zero-order valence-corrected chi connectivity index (χ0v) is 19.0. The Morgan fingerprint density at radius 2 is 1.94 bits per heavy atom. The molecular formula is C25H34N4O3. The number of hydrogen-bond acceptors (Lipinski definition) is 6.